The van der Waals surface area contributed by atoms with Gasteiger partial charge < -0.3 is 9.88 Å². The van der Waals surface area contributed by atoms with E-state index in [1.807, 2.05) is 24.3 Å². The summed E-state index contributed by atoms with van der Waals surface area (Å²) >= 11 is 0. The molecule has 1 fully saturated rings. The fraction of sp³-hybridized carbons (Fsp3) is 0.250. The summed E-state index contributed by atoms with van der Waals surface area (Å²) in [4.78, 5) is 34.1. The summed E-state index contributed by atoms with van der Waals surface area (Å²) in [5, 5.41) is 2.74. The van der Waals surface area contributed by atoms with Gasteiger partial charge in [0.15, 0.2) is 0 Å². The van der Waals surface area contributed by atoms with Crippen LogP contribution in [-0.2, 0) is 19.6 Å². The highest BCUT2D eigenvalue weighted by Gasteiger charge is 2.35. The Morgan fingerprint density at radius 1 is 1.17 bits per heavy atom. The van der Waals surface area contributed by atoms with Gasteiger partial charge in [-0.15, -0.1) is 0 Å². The first-order valence-electron chi connectivity index (χ1n) is 9.34. The molecule has 2 heterocycles. The van der Waals surface area contributed by atoms with E-state index in [1.165, 1.54) is 31.1 Å². The van der Waals surface area contributed by atoms with E-state index in [2.05, 4.69) is 15.3 Å². The molecule has 0 radical (unpaired) electrons. The fourth-order valence-corrected chi connectivity index (χ4v) is 4.27. The third-order valence-corrected chi connectivity index (χ3v) is 6.88. The number of hydrogen-bond donors (Lipinski definition) is 2. The molecule has 2 N–H and O–H groups in total. The van der Waals surface area contributed by atoms with Gasteiger partial charge >= 0.3 is 0 Å². The van der Waals surface area contributed by atoms with Crippen LogP contribution in [0.2, 0.25) is 0 Å². The number of H-pyrrole nitrogens is 1. The smallest absolute Gasteiger partial charge is 0.242 e. The van der Waals surface area contributed by atoms with Crippen molar-refractivity contribution in [1.29, 1.82) is 0 Å². The molecule has 1 unspecified atom stereocenters. The van der Waals surface area contributed by atoms with E-state index in [4.69, 9.17) is 0 Å². The molecule has 4 rings (SSSR count). The summed E-state index contributed by atoms with van der Waals surface area (Å²) in [6, 6.07) is 13.5. The number of fused-ring (bicyclic) bond motifs is 1. The molecule has 1 saturated heterocycles. The number of carbonyl (C=O) groups excluding carboxylic acids is 2. The molecular formula is C20H21N5O4S. The third-order valence-electron chi connectivity index (χ3n) is 5.05. The molecule has 1 aliphatic heterocycles. The molecule has 3 aromatic rings. The van der Waals surface area contributed by atoms with E-state index in [9.17, 15) is 18.0 Å². The highest BCUT2D eigenvalue weighted by Crippen LogP contribution is 2.27. The van der Waals surface area contributed by atoms with Gasteiger partial charge in [0, 0.05) is 32.7 Å². The Morgan fingerprint density at radius 3 is 2.53 bits per heavy atom. The van der Waals surface area contributed by atoms with Crippen LogP contribution < -0.4 is 10.2 Å². The van der Waals surface area contributed by atoms with E-state index in [-0.39, 0.29) is 29.7 Å². The van der Waals surface area contributed by atoms with Crippen LogP contribution in [0.1, 0.15) is 6.42 Å². The molecule has 9 nitrogen and oxygen atoms in total. The second-order valence-corrected chi connectivity index (χ2v) is 9.43. The molecule has 0 aliphatic carbocycles. The Bertz CT molecular complexity index is 1180. The Kier molecular flexibility index (Phi) is 5.04. The molecule has 0 bridgehead atoms. The van der Waals surface area contributed by atoms with Crippen molar-refractivity contribution in [1.82, 2.24) is 14.3 Å². The molecular weight excluding hydrogens is 406 g/mol. The van der Waals surface area contributed by atoms with E-state index in [1.54, 1.807) is 12.1 Å². The minimum absolute atomic E-state index is 0.0732. The summed E-state index contributed by atoms with van der Waals surface area (Å²) in [5.41, 5.74) is 2.10. The topological polar surface area (TPSA) is 115 Å². The number of para-hydroxylation sites is 2. The largest absolute Gasteiger partial charge is 0.324 e. The number of anilines is 2. The van der Waals surface area contributed by atoms with Crippen molar-refractivity contribution in [2.45, 2.75) is 11.3 Å². The monoisotopic (exact) mass is 427 g/mol. The van der Waals surface area contributed by atoms with Gasteiger partial charge in [-0.2, -0.15) is 0 Å². The van der Waals surface area contributed by atoms with E-state index in [0.717, 1.165) is 15.3 Å². The maximum Gasteiger partial charge on any atom is 0.242 e. The van der Waals surface area contributed by atoms with Gasteiger partial charge in [-0.25, -0.2) is 17.7 Å². The van der Waals surface area contributed by atoms with Crippen molar-refractivity contribution in [3.8, 4) is 0 Å². The van der Waals surface area contributed by atoms with Gasteiger partial charge in [0.25, 0.3) is 0 Å². The maximum absolute atomic E-state index is 12.6. The number of amides is 2. The Balaban J connectivity index is 1.46. The number of imidazole rings is 1. The first-order chi connectivity index (χ1) is 14.3. The lowest BCUT2D eigenvalue weighted by atomic mass is 10.1. The lowest BCUT2D eigenvalue weighted by Crippen LogP contribution is -2.28. The molecule has 2 amide bonds. The van der Waals surface area contributed by atoms with Gasteiger partial charge in [-0.3, -0.25) is 14.9 Å². The van der Waals surface area contributed by atoms with Gasteiger partial charge in [-0.1, -0.05) is 12.1 Å². The van der Waals surface area contributed by atoms with E-state index in [0.29, 0.717) is 11.6 Å². The molecule has 2 aromatic carbocycles. The Labute approximate surface area is 173 Å². The number of aromatic amines is 1. The van der Waals surface area contributed by atoms with Crippen LogP contribution in [0, 0.1) is 5.92 Å². The lowest BCUT2D eigenvalue weighted by Gasteiger charge is -2.18. The second-order valence-electron chi connectivity index (χ2n) is 7.28. The number of benzene rings is 2. The average Bonchev–Trinajstić information content (AvgIpc) is 3.30. The normalized spacial score (nSPS) is 17.1. The van der Waals surface area contributed by atoms with Gasteiger partial charge in [0.05, 0.1) is 21.8 Å². The summed E-state index contributed by atoms with van der Waals surface area (Å²) in [6.07, 6.45) is 0.0732. The van der Waals surface area contributed by atoms with Gasteiger partial charge in [0.1, 0.15) is 0 Å². The molecule has 1 aromatic heterocycles. The number of nitrogens with one attached hydrogen (secondary N) is 2. The van der Waals surface area contributed by atoms with Crippen LogP contribution in [0.3, 0.4) is 0 Å². The van der Waals surface area contributed by atoms with E-state index < -0.39 is 15.9 Å². The number of carbonyl (C=O) groups is 2. The minimum Gasteiger partial charge on any atom is -0.324 e. The van der Waals surface area contributed by atoms with Crippen LogP contribution in [-0.4, -0.2) is 55.1 Å². The summed E-state index contributed by atoms with van der Waals surface area (Å²) in [7, 11) is -0.632. The van der Waals surface area contributed by atoms with Crippen molar-refractivity contribution in [3.05, 3.63) is 48.5 Å². The highest BCUT2D eigenvalue weighted by atomic mass is 32.2. The van der Waals surface area contributed by atoms with Crippen LogP contribution in [0.25, 0.3) is 11.0 Å². The van der Waals surface area contributed by atoms with Crippen LogP contribution in [0.4, 0.5) is 11.6 Å². The fourth-order valence-electron chi connectivity index (χ4n) is 3.37. The van der Waals surface area contributed by atoms with Crippen LogP contribution >= 0.6 is 0 Å². The standard InChI is InChI=1S/C20H21N5O4S/c1-24(2)30(28,29)15-9-7-14(8-10-15)25-12-13(11-18(25)26)19(27)23-20-21-16-5-3-4-6-17(16)22-20/h3-10,13H,11-12H2,1-2H3,(H2,21,22,23,27). The Hall–Kier alpha value is -3.24. The molecule has 1 atom stereocenters. The second kappa shape index (κ2) is 7.54. The summed E-state index contributed by atoms with van der Waals surface area (Å²) in [6.45, 7) is 0.213. The predicted octanol–water partition coefficient (Wildman–Crippen LogP) is 1.80. The third kappa shape index (κ3) is 3.66. The highest BCUT2D eigenvalue weighted by molar-refractivity contribution is 7.89. The molecule has 10 heteroatoms. The van der Waals surface area contributed by atoms with Crippen molar-refractivity contribution in [3.63, 3.8) is 0 Å². The van der Waals surface area contributed by atoms with Crippen molar-refractivity contribution in [2.75, 3.05) is 30.9 Å². The first-order valence-corrected chi connectivity index (χ1v) is 10.8. The van der Waals surface area contributed by atoms with E-state index >= 15 is 0 Å². The van der Waals surface area contributed by atoms with Gasteiger partial charge in [0.2, 0.25) is 27.8 Å². The zero-order valence-corrected chi connectivity index (χ0v) is 17.3. The first kappa shape index (κ1) is 20.0. The molecule has 156 valence electrons. The van der Waals surface area contributed by atoms with Crippen molar-refractivity contribution in [2.24, 2.45) is 5.92 Å². The SMILES string of the molecule is CN(C)S(=O)(=O)c1ccc(N2CC(C(=O)Nc3nc4ccccc4[nH]3)CC2=O)cc1. The number of hydrogen-bond acceptors (Lipinski definition) is 5. The molecule has 0 spiro atoms. The maximum atomic E-state index is 12.6. The molecule has 1 aliphatic rings. The number of sulfonamides is 1. The zero-order chi connectivity index (χ0) is 21.5. The summed E-state index contributed by atoms with van der Waals surface area (Å²) in [5.74, 6) is -0.680. The number of nitrogens with zero attached hydrogens (tertiary/aromatic N) is 3. The number of rotatable bonds is 5. The minimum atomic E-state index is -3.55. The zero-order valence-electron chi connectivity index (χ0n) is 16.5. The van der Waals surface area contributed by atoms with Crippen molar-refractivity contribution < 1.29 is 18.0 Å². The van der Waals surface area contributed by atoms with Gasteiger partial charge in [-0.05, 0) is 36.4 Å². The summed E-state index contributed by atoms with van der Waals surface area (Å²) < 4.78 is 25.5. The number of aromatic nitrogens is 2. The molecule has 30 heavy (non-hydrogen) atoms. The van der Waals surface area contributed by atoms with Crippen molar-refractivity contribution >= 4 is 44.5 Å². The Morgan fingerprint density at radius 2 is 1.87 bits per heavy atom. The van der Waals surface area contributed by atoms with Crippen LogP contribution in [0.15, 0.2) is 53.4 Å². The average molecular weight is 427 g/mol. The quantitative estimate of drug-likeness (QED) is 0.644. The predicted molar refractivity (Wildman–Crippen MR) is 112 cm³/mol. The lowest BCUT2D eigenvalue weighted by molar-refractivity contribution is -0.122. The van der Waals surface area contributed by atoms with Crippen LogP contribution in [0.5, 0.6) is 0 Å². The molecule has 0 saturated carbocycles.